The monoisotopic (exact) mass is 554 g/mol. The molecule has 0 aliphatic carbocycles. The van der Waals surface area contributed by atoms with E-state index >= 15 is 0 Å². The first-order valence-corrected chi connectivity index (χ1v) is 12.9. The third-order valence-corrected chi connectivity index (χ3v) is 7.49. The molecule has 10 atom stereocenters. The summed E-state index contributed by atoms with van der Waals surface area (Å²) in [6.07, 6.45) is -14.3. The van der Waals surface area contributed by atoms with Crippen LogP contribution >= 0.6 is 0 Å². The molecule has 2 fully saturated rings. The highest BCUT2D eigenvalue weighted by Crippen LogP contribution is 2.39. The van der Waals surface area contributed by atoms with E-state index in [1.54, 1.807) is 26.0 Å². The molecule has 2 aliphatic heterocycles. The highest BCUT2D eigenvalue weighted by atomic mass is 16.7. The predicted octanol–water partition coefficient (Wildman–Crippen LogP) is -1.06. The molecule has 0 spiro atoms. The molecule has 8 N–H and O–H groups in total. The van der Waals surface area contributed by atoms with Crippen molar-refractivity contribution < 1.29 is 59.8 Å². The number of rotatable bonds is 7. The molecular weight excluding hydrogens is 516 g/mol. The third kappa shape index (κ3) is 5.59. The zero-order valence-corrected chi connectivity index (χ0v) is 22.2. The molecule has 10 unspecified atom stereocenters. The normalized spacial score (nSPS) is 35.4. The fourth-order valence-electron chi connectivity index (χ4n) is 5.00. The number of hydrogen-bond donors (Lipinski definition) is 8. The fourth-order valence-corrected chi connectivity index (χ4v) is 5.00. The third-order valence-electron chi connectivity index (χ3n) is 7.49. The van der Waals surface area contributed by atoms with Crippen LogP contribution in [-0.2, 0) is 9.47 Å². The van der Waals surface area contributed by atoms with Gasteiger partial charge in [-0.1, -0.05) is 13.8 Å². The highest BCUT2D eigenvalue weighted by molar-refractivity contribution is 5.93. The number of aliphatic hydroxyl groups is 8. The topological polar surface area (TPSA) is 199 Å². The van der Waals surface area contributed by atoms with E-state index in [9.17, 15) is 40.9 Å². The average molecular weight is 555 g/mol. The molecule has 12 heteroatoms. The molecule has 0 aromatic heterocycles. The van der Waals surface area contributed by atoms with Crippen LogP contribution < -0.4 is 9.47 Å². The summed E-state index contributed by atoms with van der Waals surface area (Å²) in [6.45, 7) is 6.40. The summed E-state index contributed by atoms with van der Waals surface area (Å²) >= 11 is 0. The fraction of sp³-hybridized carbons (Fsp3) is 0.630. The molecule has 12 nitrogen and oxygen atoms in total. The van der Waals surface area contributed by atoms with E-state index in [2.05, 4.69) is 0 Å². The van der Waals surface area contributed by atoms with Gasteiger partial charge in [0.2, 0.25) is 12.6 Å². The molecule has 0 bridgehead atoms. The van der Waals surface area contributed by atoms with E-state index in [0.717, 1.165) is 10.9 Å². The summed E-state index contributed by atoms with van der Waals surface area (Å²) in [6, 6.07) is 5.42. The first kappa shape index (κ1) is 29.9. The van der Waals surface area contributed by atoms with Crippen LogP contribution in [0.3, 0.4) is 0 Å². The number of aryl methyl sites for hydroxylation is 2. The van der Waals surface area contributed by atoms with Crippen LogP contribution in [0.2, 0.25) is 0 Å². The van der Waals surface area contributed by atoms with Crippen molar-refractivity contribution in [2.75, 3.05) is 13.2 Å². The number of aliphatic hydroxyl groups excluding tert-OH is 8. The van der Waals surface area contributed by atoms with Gasteiger partial charge in [-0.15, -0.1) is 0 Å². The second kappa shape index (κ2) is 11.8. The van der Waals surface area contributed by atoms with E-state index in [1.165, 1.54) is 0 Å². The van der Waals surface area contributed by atoms with Gasteiger partial charge < -0.3 is 59.8 Å². The van der Waals surface area contributed by atoms with Gasteiger partial charge in [-0.3, -0.25) is 0 Å². The van der Waals surface area contributed by atoms with E-state index in [1.807, 2.05) is 19.9 Å². The van der Waals surface area contributed by atoms with Crippen molar-refractivity contribution in [3.63, 3.8) is 0 Å². The molecule has 39 heavy (non-hydrogen) atoms. The van der Waals surface area contributed by atoms with Gasteiger partial charge in [0.25, 0.3) is 0 Å². The van der Waals surface area contributed by atoms with Crippen molar-refractivity contribution in [2.45, 2.75) is 95.0 Å². The number of ether oxygens (including phenoxy) is 4. The Kier molecular flexibility index (Phi) is 9.03. The molecule has 0 radical (unpaired) electrons. The summed E-state index contributed by atoms with van der Waals surface area (Å²) < 4.78 is 23.0. The van der Waals surface area contributed by atoms with Gasteiger partial charge in [0.1, 0.15) is 60.3 Å². The lowest BCUT2D eigenvalue weighted by atomic mass is 9.91. The summed E-state index contributed by atoms with van der Waals surface area (Å²) in [5.74, 6) is 0.690. The minimum atomic E-state index is -1.59. The lowest BCUT2D eigenvalue weighted by Gasteiger charge is -2.40. The van der Waals surface area contributed by atoms with E-state index in [-0.39, 0.29) is 5.92 Å². The first-order valence-electron chi connectivity index (χ1n) is 12.9. The standard InChI is InChI=1S/C27H38O12/c1-10(2)13-6-17(37-27-25(35)23(33)21(31)19(9-29)39-27)12(4)14-7-16(11(3)5-15(13)14)36-26-24(34)22(32)20(30)18(8-28)38-26/h5-7,10,18-35H,8-9H2,1-4H3. The lowest BCUT2D eigenvalue weighted by Crippen LogP contribution is -2.60. The van der Waals surface area contributed by atoms with Crippen molar-refractivity contribution in [3.05, 3.63) is 34.9 Å². The molecule has 0 saturated carbocycles. The first-order chi connectivity index (χ1) is 18.4. The van der Waals surface area contributed by atoms with E-state index in [0.29, 0.717) is 28.0 Å². The minimum absolute atomic E-state index is 0.0434. The molecule has 2 heterocycles. The Balaban J connectivity index is 1.72. The van der Waals surface area contributed by atoms with Crippen LogP contribution in [0.1, 0.15) is 36.5 Å². The molecule has 218 valence electrons. The predicted molar refractivity (Wildman–Crippen MR) is 136 cm³/mol. The highest BCUT2D eigenvalue weighted by Gasteiger charge is 2.46. The second-order valence-electron chi connectivity index (χ2n) is 10.5. The Morgan fingerprint density at radius 3 is 1.62 bits per heavy atom. The van der Waals surface area contributed by atoms with Crippen LogP contribution in [0.25, 0.3) is 10.8 Å². The van der Waals surface area contributed by atoms with Crippen molar-refractivity contribution in [1.82, 2.24) is 0 Å². The van der Waals surface area contributed by atoms with E-state index in [4.69, 9.17) is 18.9 Å². The van der Waals surface area contributed by atoms with Gasteiger partial charge in [0, 0.05) is 0 Å². The zero-order chi connectivity index (χ0) is 28.8. The summed E-state index contributed by atoms with van der Waals surface area (Å²) in [7, 11) is 0. The Morgan fingerprint density at radius 1 is 0.667 bits per heavy atom. The van der Waals surface area contributed by atoms with Crippen molar-refractivity contribution in [1.29, 1.82) is 0 Å². The molecule has 2 saturated heterocycles. The number of hydrogen-bond acceptors (Lipinski definition) is 12. The molecule has 2 aromatic carbocycles. The van der Waals surface area contributed by atoms with E-state index < -0.39 is 74.6 Å². The smallest absolute Gasteiger partial charge is 0.229 e. The zero-order valence-electron chi connectivity index (χ0n) is 22.2. The van der Waals surface area contributed by atoms with Gasteiger partial charge in [-0.25, -0.2) is 0 Å². The van der Waals surface area contributed by atoms with Crippen molar-refractivity contribution in [3.8, 4) is 11.5 Å². The van der Waals surface area contributed by atoms with Gasteiger partial charge >= 0.3 is 0 Å². The maximum Gasteiger partial charge on any atom is 0.229 e. The maximum atomic E-state index is 10.5. The molecule has 2 aliphatic rings. The summed E-state index contributed by atoms with van der Waals surface area (Å²) in [4.78, 5) is 0. The number of fused-ring (bicyclic) bond motifs is 1. The molecular formula is C27H38O12. The van der Waals surface area contributed by atoms with Crippen LogP contribution in [0.4, 0.5) is 0 Å². The lowest BCUT2D eigenvalue weighted by molar-refractivity contribution is -0.277. The number of benzene rings is 2. The van der Waals surface area contributed by atoms with Gasteiger partial charge in [-0.2, -0.15) is 0 Å². The van der Waals surface area contributed by atoms with Gasteiger partial charge in [-0.05, 0) is 65.4 Å². The minimum Gasteiger partial charge on any atom is -0.462 e. The Hall–Kier alpha value is -2.10. The average Bonchev–Trinajstić information content (AvgIpc) is 2.91. The molecule has 4 rings (SSSR count). The Bertz CT molecular complexity index is 1150. The largest absolute Gasteiger partial charge is 0.462 e. The van der Waals surface area contributed by atoms with Crippen LogP contribution in [0.15, 0.2) is 18.2 Å². The second-order valence-corrected chi connectivity index (χ2v) is 10.5. The maximum absolute atomic E-state index is 10.5. The van der Waals surface area contributed by atoms with Crippen molar-refractivity contribution in [2.24, 2.45) is 0 Å². The van der Waals surface area contributed by atoms with Crippen LogP contribution in [0, 0.1) is 13.8 Å². The SMILES string of the molecule is Cc1cc2c(C(C)C)cc(OC3OC(CO)C(O)C(O)C3O)c(C)c2cc1OC1OC(CO)C(O)C(O)C1O. The Morgan fingerprint density at radius 2 is 1.15 bits per heavy atom. The van der Waals surface area contributed by atoms with Crippen LogP contribution in [0.5, 0.6) is 11.5 Å². The summed E-state index contributed by atoms with van der Waals surface area (Å²) in [5.41, 5.74) is 2.23. The molecule has 0 amide bonds. The van der Waals surface area contributed by atoms with Crippen molar-refractivity contribution >= 4 is 10.8 Å². The summed E-state index contributed by atoms with van der Waals surface area (Å²) in [5, 5.41) is 82.0. The quantitative estimate of drug-likeness (QED) is 0.207. The molecule has 2 aromatic rings. The van der Waals surface area contributed by atoms with Gasteiger partial charge in [0.05, 0.1) is 13.2 Å². The van der Waals surface area contributed by atoms with Crippen LogP contribution in [-0.4, -0.2) is 115 Å². The van der Waals surface area contributed by atoms with Gasteiger partial charge in [0.15, 0.2) is 0 Å². The Labute approximate surface area is 225 Å².